The number of likely N-dealkylation sites (N-methyl/N-ethyl adjacent to an activating group) is 1. The van der Waals surface area contributed by atoms with Crippen LogP contribution in [0.25, 0.3) is 0 Å². The van der Waals surface area contributed by atoms with Crippen molar-refractivity contribution >= 4 is 23.1 Å². The van der Waals surface area contributed by atoms with Gasteiger partial charge in [-0.1, -0.05) is 24.0 Å². The van der Waals surface area contributed by atoms with Gasteiger partial charge in [-0.25, -0.2) is 4.79 Å². The summed E-state index contributed by atoms with van der Waals surface area (Å²) in [5.41, 5.74) is 1.65. The van der Waals surface area contributed by atoms with Crippen molar-refractivity contribution in [2.24, 2.45) is 0 Å². The normalized spacial score (nSPS) is 17.6. The smallest absolute Gasteiger partial charge is 0.319 e. The predicted octanol–water partition coefficient (Wildman–Crippen LogP) is 3.36. The Balaban J connectivity index is 1.58. The number of benzene rings is 1. The third-order valence-corrected chi connectivity index (χ3v) is 4.72. The summed E-state index contributed by atoms with van der Waals surface area (Å²) in [6, 6.07) is 11.7. The Hall–Kier alpha value is -2.29. The number of nitrogens with one attached hydrogen (secondary N) is 2. The van der Waals surface area contributed by atoms with Gasteiger partial charge in [-0.2, -0.15) is 0 Å². The maximum Gasteiger partial charge on any atom is 0.319 e. The maximum absolute atomic E-state index is 12.2. The highest BCUT2D eigenvalue weighted by molar-refractivity contribution is 7.10. The standard InChI is InChI=1S/C19H21N3OS/c1-22-11-3-7-17(14-22)21-19(23)20-16-6-2-5-15(13-16)9-10-18-8-4-12-24-18/h2,4-6,8,12-13,17H,3,7,11,14H2,1H3,(H2,20,21,23)/t17-/m1/s1. The van der Waals surface area contributed by atoms with E-state index in [2.05, 4.69) is 34.4 Å². The molecule has 3 rings (SSSR count). The number of anilines is 1. The van der Waals surface area contributed by atoms with E-state index < -0.39 is 0 Å². The zero-order valence-corrected chi connectivity index (χ0v) is 14.5. The Morgan fingerprint density at radius 3 is 3.00 bits per heavy atom. The molecule has 1 saturated heterocycles. The maximum atomic E-state index is 12.2. The summed E-state index contributed by atoms with van der Waals surface area (Å²) in [5.74, 6) is 6.26. The van der Waals surface area contributed by atoms with Gasteiger partial charge in [0.25, 0.3) is 0 Å². The molecule has 2 amide bonds. The van der Waals surface area contributed by atoms with Crippen LogP contribution < -0.4 is 10.6 Å². The van der Waals surface area contributed by atoms with Crippen molar-refractivity contribution in [1.29, 1.82) is 0 Å². The number of hydrogen-bond acceptors (Lipinski definition) is 3. The fraction of sp³-hybridized carbons (Fsp3) is 0.316. The quantitative estimate of drug-likeness (QED) is 0.824. The third-order valence-electron chi connectivity index (χ3n) is 3.93. The molecule has 0 saturated carbocycles. The molecule has 0 radical (unpaired) electrons. The topological polar surface area (TPSA) is 44.4 Å². The Morgan fingerprint density at radius 2 is 2.21 bits per heavy atom. The second-order valence-electron chi connectivity index (χ2n) is 6.01. The van der Waals surface area contributed by atoms with Crippen LogP contribution in [0, 0.1) is 11.8 Å². The molecule has 124 valence electrons. The van der Waals surface area contributed by atoms with Crippen LogP contribution in [0.4, 0.5) is 10.5 Å². The number of amides is 2. The lowest BCUT2D eigenvalue weighted by Crippen LogP contribution is -2.47. The highest BCUT2D eigenvalue weighted by atomic mass is 32.1. The molecule has 1 atom stereocenters. The fourth-order valence-corrected chi connectivity index (χ4v) is 3.37. The number of thiophene rings is 1. The first-order valence-electron chi connectivity index (χ1n) is 8.11. The van der Waals surface area contributed by atoms with E-state index in [1.807, 2.05) is 41.8 Å². The first-order chi connectivity index (χ1) is 11.7. The first-order valence-corrected chi connectivity index (χ1v) is 8.99. The average molecular weight is 339 g/mol. The lowest BCUT2D eigenvalue weighted by molar-refractivity contribution is 0.216. The van der Waals surface area contributed by atoms with Crippen LogP contribution in [0.3, 0.4) is 0 Å². The molecule has 2 N–H and O–H groups in total. The van der Waals surface area contributed by atoms with Crippen molar-refractivity contribution in [2.45, 2.75) is 18.9 Å². The average Bonchev–Trinajstić information content (AvgIpc) is 3.06. The van der Waals surface area contributed by atoms with E-state index in [4.69, 9.17) is 0 Å². The molecule has 0 spiro atoms. The molecule has 0 unspecified atom stereocenters. The Morgan fingerprint density at radius 1 is 1.29 bits per heavy atom. The minimum Gasteiger partial charge on any atom is -0.334 e. The number of hydrogen-bond donors (Lipinski definition) is 2. The molecule has 0 bridgehead atoms. The molecule has 24 heavy (non-hydrogen) atoms. The summed E-state index contributed by atoms with van der Waals surface area (Å²) in [6.45, 7) is 2.00. The van der Waals surface area contributed by atoms with Crippen molar-refractivity contribution < 1.29 is 4.79 Å². The van der Waals surface area contributed by atoms with E-state index in [1.165, 1.54) is 0 Å². The van der Waals surface area contributed by atoms with Gasteiger partial charge in [0.05, 0.1) is 4.88 Å². The van der Waals surface area contributed by atoms with Gasteiger partial charge in [-0.15, -0.1) is 11.3 Å². The number of nitrogens with zero attached hydrogens (tertiary/aromatic N) is 1. The fourth-order valence-electron chi connectivity index (χ4n) is 2.79. The van der Waals surface area contributed by atoms with E-state index in [0.29, 0.717) is 0 Å². The predicted molar refractivity (Wildman–Crippen MR) is 99.4 cm³/mol. The number of carbonyl (C=O) groups is 1. The van der Waals surface area contributed by atoms with Crippen LogP contribution in [0.1, 0.15) is 23.3 Å². The lowest BCUT2D eigenvalue weighted by atomic mass is 10.1. The summed E-state index contributed by atoms with van der Waals surface area (Å²) in [4.78, 5) is 15.4. The Bertz CT molecular complexity index is 745. The van der Waals surface area contributed by atoms with Gasteiger partial charge < -0.3 is 15.5 Å². The largest absolute Gasteiger partial charge is 0.334 e. The number of piperidine rings is 1. The third kappa shape index (κ3) is 4.85. The van der Waals surface area contributed by atoms with E-state index in [-0.39, 0.29) is 12.1 Å². The second kappa shape index (κ2) is 8.00. The van der Waals surface area contributed by atoms with Crippen LogP contribution in [-0.4, -0.2) is 37.1 Å². The first kappa shape index (κ1) is 16.6. The number of carbonyl (C=O) groups excluding carboxylic acids is 1. The van der Waals surface area contributed by atoms with Crippen LogP contribution in [0.15, 0.2) is 41.8 Å². The summed E-state index contributed by atoms with van der Waals surface area (Å²) in [6.07, 6.45) is 2.15. The van der Waals surface area contributed by atoms with Crippen molar-refractivity contribution in [3.05, 3.63) is 52.2 Å². The summed E-state index contributed by atoms with van der Waals surface area (Å²) in [7, 11) is 2.08. The van der Waals surface area contributed by atoms with Crippen LogP contribution in [0.5, 0.6) is 0 Å². The number of rotatable bonds is 2. The molecule has 1 aromatic carbocycles. The zero-order chi connectivity index (χ0) is 16.8. The second-order valence-corrected chi connectivity index (χ2v) is 6.96. The number of urea groups is 1. The molecule has 5 heteroatoms. The van der Waals surface area contributed by atoms with E-state index >= 15 is 0 Å². The van der Waals surface area contributed by atoms with Gasteiger partial charge in [0.2, 0.25) is 0 Å². The molecule has 1 aliphatic rings. The van der Waals surface area contributed by atoms with Gasteiger partial charge in [-0.3, -0.25) is 0 Å². The van der Waals surface area contributed by atoms with Gasteiger partial charge in [0.1, 0.15) is 0 Å². The van der Waals surface area contributed by atoms with Crippen molar-refractivity contribution in [3.63, 3.8) is 0 Å². The molecule has 2 aromatic rings. The highest BCUT2D eigenvalue weighted by Crippen LogP contribution is 2.12. The van der Waals surface area contributed by atoms with Crippen LogP contribution in [-0.2, 0) is 0 Å². The molecular weight excluding hydrogens is 318 g/mol. The molecule has 0 aliphatic carbocycles. The SMILES string of the molecule is CN1CCC[C@@H](NC(=O)Nc2cccc(C#Cc3cccs3)c2)C1. The minimum atomic E-state index is -0.154. The van der Waals surface area contributed by atoms with Crippen LogP contribution >= 0.6 is 11.3 Å². The van der Waals surface area contributed by atoms with Gasteiger partial charge in [0, 0.05) is 23.8 Å². The van der Waals surface area contributed by atoms with Gasteiger partial charge >= 0.3 is 6.03 Å². The zero-order valence-electron chi connectivity index (χ0n) is 13.7. The molecule has 2 heterocycles. The summed E-state index contributed by atoms with van der Waals surface area (Å²) in [5, 5.41) is 7.96. The monoisotopic (exact) mass is 339 g/mol. The molecule has 1 aliphatic heterocycles. The summed E-state index contributed by atoms with van der Waals surface area (Å²) >= 11 is 1.62. The van der Waals surface area contributed by atoms with E-state index in [1.54, 1.807) is 11.3 Å². The van der Waals surface area contributed by atoms with E-state index in [9.17, 15) is 4.79 Å². The Labute approximate surface area is 146 Å². The highest BCUT2D eigenvalue weighted by Gasteiger charge is 2.18. The molecule has 4 nitrogen and oxygen atoms in total. The van der Waals surface area contributed by atoms with Crippen molar-refractivity contribution in [3.8, 4) is 11.8 Å². The molecule has 1 fully saturated rings. The van der Waals surface area contributed by atoms with Gasteiger partial charge in [-0.05, 0) is 56.1 Å². The molecular formula is C19H21N3OS. The Kier molecular flexibility index (Phi) is 5.52. The van der Waals surface area contributed by atoms with Gasteiger partial charge in [0.15, 0.2) is 0 Å². The number of likely N-dealkylation sites (tertiary alicyclic amines) is 1. The van der Waals surface area contributed by atoms with Crippen LogP contribution in [0.2, 0.25) is 0 Å². The lowest BCUT2D eigenvalue weighted by Gasteiger charge is -2.30. The van der Waals surface area contributed by atoms with Crippen molar-refractivity contribution in [1.82, 2.24) is 10.2 Å². The summed E-state index contributed by atoms with van der Waals surface area (Å²) < 4.78 is 0. The minimum absolute atomic E-state index is 0.154. The van der Waals surface area contributed by atoms with Crippen molar-refractivity contribution in [2.75, 3.05) is 25.5 Å². The van der Waals surface area contributed by atoms with E-state index in [0.717, 1.165) is 42.1 Å². The molecule has 1 aromatic heterocycles.